The number of methoxy groups -OCH3 is 1. The summed E-state index contributed by atoms with van der Waals surface area (Å²) in [7, 11) is 1.66. The minimum Gasteiger partial charge on any atom is -0.393 e. The van der Waals surface area contributed by atoms with E-state index in [1.807, 2.05) is 0 Å². The van der Waals surface area contributed by atoms with Gasteiger partial charge >= 0.3 is 0 Å². The minimum absolute atomic E-state index is 0.171. The highest BCUT2D eigenvalue weighted by atomic mass is 16.5. The lowest BCUT2D eigenvalue weighted by atomic mass is 9.99. The van der Waals surface area contributed by atoms with Crippen LogP contribution < -0.4 is 0 Å². The first-order valence-electron chi connectivity index (χ1n) is 6.07. The van der Waals surface area contributed by atoms with E-state index < -0.39 is 0 Å². The molecule has 0 aromatic heterocycles. The van der Waals surface area contributed by atoms with Gasteiger partial charge < -0.3 is 14.6 Å². The summed E-state index contributed by atoms with van der Waals surface area (Å²) >= 11 is 0. The van der Waals surface area contributed by atoms with Crippen LogP contribution in [0.1, 0.15) is 38.5 Å². The van der Waals surface area contributed by atoms with Crippen LogP contribution in [-0.2, 0) is 9.47 Å². The highest BCUT2D eigenvalue weighted by molar-refractivity contribution is 4.70. The molecule has 0 amide bonds. The molecule has 0 aliphatic heterocycles. The van der Waals surface area contributed by atoms with Gasteiger partial charge in [0, 0.05) is 13.7 Å². The van der Waals surface area contributed by atoms with Crippen molar-refractivity contribution in [2.45, 2.75) is 44.6 Å². The summed E-state index contributed by atoms with van der Waals surface area (Å²) in [5.74, 6) is 0.763. The number of rotatable bonds is 8. The van der Waals surface area contributed by atoms with Gasteiger partial charge in [-0.2, -0.15) is 0 Å². The van der Waals surface area contributed by atoms with Gasteiger partial charge in [0.25, 0.3) is 0 Å². The first kappa shape index (κ1) is 12.9. The lowest BCUT2D eigenvalue weighted by molar-refractivity contribution is 0.0422. The van der Waals surface area contributed by atoms with Crippen molar-refractivity contribution in [2.24, 2.45) is 5.92 Å². The van der Waals surface area contributed by atoms with Gasteiger partial charge in [0.1, 0.15) is 0 Å². The predicted molar refractivity (Wildman–Crippen MR) is 59.9 cm³/mol. The molecule has 0 spiro atoms. The van der Waals surface area contributed by atoms with Crippen LogP contribution in [0, 0.1) is 5.92 Å². The summed E-state index contributed by atoms with van der Waals surface area (Å²) in [6.45, 7) is 1.92. The first-order chi connectivity index (χ1) is 7.33. The summed E-state index contributed by atoms with van der Waals surface area (Å²) in [6, 6.07) is 0. The molecule has 1 atom stereocenters. The number of ether oxygens (including phenoxy) is 2. The van der Waals surface area contributed by atoms with E-state index in [1.165, 1.54) is 25.7 Å². The largest absolute Gasteiger partial charge is 0.393 e. The van der Waals surface area contributed by atoms with Gasteiger partial charge in [-0.05, 0) is 18.8 Å². The van der Waals surface area contributed by atoms with Crippen LogP contribution in [0.5, 0.6) is 0 Å². The van der Waals surface area contributed by atoms with Gasteiger partial charge in [-0.15, -0.1) is 0 Å². The zero-order chi connectivity index (χ0) is 10.9. The number of hydrogen-bond donors (Lipinski definition) is 1. The summed E-state index contributed by atoms with van der Waals surface area (Å²) in [5.41, 5.74) is 0. The van der Waals surface area contributed by atoms with Crippen LogP contribution in [0.15, 0.2) is 0 Å². The maximum Gasteiger partial charge on any atom is 0.0700 e. The molecule has 15 heavy (non-hydrogen) atoms. The highest BCUT2D eigenvalue weighted by Crippen LogP contribution is 2.28. The Bertz CT molecular complexity index is 144. The fourth-order valence-corrected chi connectivity index (χ4v) is 2.21. The molecular formula is C12H24O3. The van der Waals surface area contributed by atoms with Crippen LogP contribution >= 0.6 is 0 Å². The fourth-order valence-electron chi connectivity index (χ4n) is 2.21. The zero-order valence-electron chi connectivity index (χ0n) is 9.78. The van der Waals surface area contributed by atoms with Crippen LogP contribution in [0.3, 0.4) is 0 Å². The molecule has 1 unspecified atom stereocenters. The van der Waals surface area contributed by atoms with Crippen molar-refractivity contribution in [2.75, 3.05) is 26.9 Å². The second kappa shape index (κ2) is 8.08. The molecule has 1 rings (SSSR count). The quantitative estimate of drug-likeness (QED) is 0.631. The molecule has 0 radical (unpaired) electrons. The Labute approximate surface area is 92.8 Å². The van der Waals surface area contributed by atoms with E-state index in [9.17, 15) is 5.11 Å². The SMILES string of the molecule is COCCOCCC(O)CC1CCCC1. The molecule has 1 aliphatic carbocycles. The smallest absolute Gasteiger partial charge is 0.0700 e. The Balaban J connectivity index is 1.91. The second-order valence-corrected chi connectivity index (χ2v) is 4.43. The highest BCUT2D eigenvalue weighted by Gasteiger charge is 2.18. The molecule has 3 heteroatoms. The Morgan fingerprint density at radius 1 is 1.20 bits per heavy atom. The van der Waals surface area contributed by atoms with Gasteiger partial charge in [0.2, 0.25) is 0 Å². The molecule has 1 N–H and O–H groups in total. The molecule has 1 fully saturated rings. The van der Waals surface area contributed by atoms with Crippen molar-refractivity contribution in [1.29, 1.82) is 0 Å². The first-order valence-corrected chi connectivity index (χ1v) is 6.07. The van der Waals surface area contributed by atoms with Crippen molar-refractivity contribution in [3.63, 3.8) is 0 Å². The van der Waals surface area contributed by atoms with Gasteiger partial charge in [-0.1, -0.05) is 25.7 Å². The Morgan fingerprint density at radius 3 is 2.60 bits per heavy atom. The summed E-state index contributed by atoms with van der Waals surface area (Å²) in [5, 5.41) is 9.75. The van der Waals surface area contributed by atoms with Crippen molar-refractivity contribution in [1.82, 2.24) is 0 Å². The molecule has 0 heterocycles. The maximum absolute atomic E-state index is 9.75. The van der Waals surface area contributed by atoms with Crippen LogP contribution in [0.4, 0.5) is 0 Å². The second-order valence-electron chi connectivity index (χ2n) is 4.43. The monoisotopic (exact) mass is 216 g/mol. The molecule has 1 saturated carbocycles. The van der Waals surface area contributed by atoms with Crippen LogP contribution in [0.25, 0.3) is 0 Å². The average molecular weight is 216 g/mol. The molecule has 0 aromatic carbocycles. The van der Waals surface area contributed by atoms with Gasteiger partial charge in [0.05, 0.1) is 19.3 Å². The maximum atomic E-state index is 9.75. The van der Waals surface area contributed by atoms with Crippen molar-refractivity contribution in [3.8, 4) is 0 Å². The molecule has 90 valence electrons. The lowest BCUT2D eigenvalue weighted by Gasteiger charge is -2.15. The topological polar surface area (TPSA) is 38.7 Å². The standard InChI is InChI=1S/C12H24O3/c1-14-8-9-15-7-6-12(13)10-11-4-2-3-5-11/h11-13H,2-10H2,1H3. The average Bonchev–Trinajstić information content (AvgIpc) is 2.70. The van der Waals surface area contributed by atoms with Crippen LogP contribution in [0.2, 0.25) is 0 Å². The van der Waals surface area contributed by atoms with E-state index in [0.29, 0.717) is 19.8 Å². The number of aliphatic hydroxyl groups is 1. The Kier molecular flexibility index (Phi) is 6.98. The normalized spacial score (nSPS) is 19.6. The zero-order valence-corrected chi connectivity index (χ0v) is 9.78. The summed E-state index contributed by atoms with van der Waals surface area (Å²) in [4.78, 5) is 0. The summed E-state index contributed by atoms with van der Waals surface area (Å²) in [6.07, 6.45) is 6.87. The molecule has 0 bridgehead atoms. The van der Waals surface area contributed by atoms with Gasteiger partial charge in [-0.3, -0.25) is 0 Å². The van der Waals surface area contributed by atoms with E-state index in [1.54, 1.807) is 7.11 Å². The van der Waals surface area contributed by atoms with Crippen molar-refractivity contribution in [3.05, 3.63) is 0 Å². The fraction of sp³-hybridized carbons (Fsp3) is 1.00. The van der Waals surface area contributed by atoms with Crippen LogP contribution in [-0.4, -0.2) is 38.1 Å². The van der Waals surface area contributed by atoms with Crippen molar-refractivity contribution >= 4 is 0 Å². The lowest BCUT2D eigenvalue weighted by Crippen LogP contribution is -2.15. The predicted octanol–water partition coefficient (Wildman–Crippen LogP) is 1.98. The van der Waals surface area contributed by atoms with Crippen molar-refractivity contribution < 1.29 is 14.6 Å². The number of hydrogen-bond acceptors (Lipinski definition) is 3. The summed E-state index contributed by atoms with van der Waals surface area (Å²) < 4.78 is 10.2. The van der Waals surface area contributed by atoms with E-state index in [2.05, 4.69) is 0 Å². The molecular weight excluding hydrogens is 192 g/mol. The number of aliphatic hydroxyl groups excluding tert-OH is 1. The van der Waals surface area contributed by atoms with E-state index in [0.717, 1.165) is 18.8 Å². The van der Waals surface area contributed by atoms with E-state index in [-0.39, 0.29) is 6.10 Å². The Morgan fingerprint density at radius 2 is 1.93 bits per heavy atom. The molecule has 3 nitrogen and oxygen atoms in total. The third kappa shape index (κ3) is 6.13. The van der Waals surface area contributed by atoms with Gasteiger partial charge in [-0.25, -0.2) is 0 Å². The minimum atomic E-state index is -0.171. The molecule has 0 saturated heterocycles. The van der Waals surface area contributed by atoms with E-state index in [4.69, 9.17) is 9.47 Å². The molecule has 1 aliphatic rings. The van der Waals surface area contributed by atoms with E-state index >= 15 is 0 Å². The third-order valence-corrected chi connectivity index (χ3v) is 3.11. The van der Waals surface area contributed by atoms with Gasteiger partial charge in [0.15, 0.2) is 0 Å². The molecule has 0 aromatic rings. The Hall–Kier alpha value is -0.120. The third-order valence-electron chi connectivity index (χ3n) is 3.11.